The molecule has 0 heterocycles. The summed E-state index contributed by atoms with van der Waals surface area (Å²) in [6.45, 7) is 2.89. The fourth-order valence-corrected chi connectivity index (χ4v) is 3.59. The van der Waals surface area contributed by atoms with Crippen LogP contribution < -0.4 is 19.5 Å². The summed E-state index contributed by atoms with van der Waals surface area (Å²) in [4.78, 5) is 11.0. The summed E-state index contributed by atoms with van der Waals surface area (Å²) in [5.41, 5.74) is 0.719. The van der Waals surface area contributed by atoms with Crippen LogP contribution in [0.5, 0.6) is 0 Å². The van der Waals surface area contributed by atoms with E-state index in [-0.39, 0.29) is 24.7 Å². The lowest BCUT2D eigenvalue weighted by molar-refractivity contribution is -0.114. The summed E-state index contributed by atoms with van der Waals surface area (Å²) in [5, 5.41) is 2.53. The number of hydrogen-bond donors (Lipinski definition) is 4. The van der Waals surface area contributed by atoms with E-state index in [1.54, 1.807) is 19.1 Å². The van der Waals surface area contributed by atoms with Crippen molar-refractivity contribution in [3.05, 3.63) is 24.3 Å². The first-order valence-corrected chi connectivity index (χ1v) is 9.89. The number of carbonyl (C=O) groups is 1. The van der Waals surface area contributed by atoms with Gasteiger partial charge in [0.25, 0.3) is 10.2 Å². The van der Waals surface area contributed by atoms with Crippen LogP contribution in [0.25, 0.3) is 0 Å². The van der Waals surface area contributed by atoms with Gasteiger partial charge in [0.1, 0.15) is 0 Å². The molecule has 0 atom stereocenters. The van der Waals surface area contributed by atoms with Crippen molar-refractivity contribution in [1.82, 2.24) is 9.44 Å². The molecule has 4 N–H and O–H groups in total. The third kappa shape index (κ3) is 7.93. The lowest BCUT2D eigenvalue weighted by Crippen LogP contribution is -2.39. The van der Waals surface area contributed by atoms with Crippen LogP contribution in [0, 0.1) is 0 Å². The van der Waals surface area contributed by atoms with Crippen molar-refractivity contribution in [2.24, 2.45) is 0 Å². The topological polar surface area (TPSA) is 133 Å². The van der Waals surface area contributed by atoms with Crippen molar-refractivity contribution < 1.29 is 21.6 Å². The van der Waals surface area contributed by atoms with Gasteiger partial charge in [-0.3, -0.25) is 9.52 Å². The minimum absolute atomic E-state index is 0.205. The van der Waals surface area contributed by atoms with Crippen molar-refractivity contribution in [1.29, 1.82) is 0 Å². The highest BCUT2D eigenvalue weighted by molar-refractivity contribution is 7.92. The van der Waals surface area contributed by atoms with Crippen LogP contribution in [0.1, 0.15) is 13.8 Å². The lowest BCUT2D eigenvalue weighted by atomic mass is 10.3. The summed E-state index contributed by atoms with van der Waals surface area (Å²) in [6, 6.07) is 6.17. The Balaban J connectivity index is 2.63. The van der Waals surface area contributed by atoms with Crippen LogP contribution >= 0.6 is 0 Å². The van der Waals surface area contributed by atoms with Gasteiger partial charge in [-0.25, -0.2) is 17.9 Å². The fraction of sp³-hybridized carbons (Fsp3) is 0.417. The van der Waals surface area contributed by atoms with Gasteiger partial charge < -0.3 is 5.32 Å². The molecule has 1 amide bonds. The fourth-order valence-electron chi connectivity index (χ4n) is 1.65. The van der Waals surface area contributed by atoms with Crippen molar-refractivity contribution in [2.45, 2.75) is 13.8 Å². The molecule has 9 nitrogen and oxygen atoms in total. The van der Waals surface area contributed by atoms with Crippen molar-refractivity contribution in [3.8, 4) is 0 Å². The summed E-state index contributed by atoms with van der Waals surface area (Å²) >= 11 is 0. The summed E-state index contributed by atoms with van der Waals surface area (Å²) < 4.78 is 53.2. The van der Waals surface area contributed by atoms with Gasteiger partial charge >= 0.3 is 0 Å². The molecule has 0 aliphatic carbocycles. The first kappa shape index (κ1) is 19.4. The van der Waals surface area contributed by atoms with Crippen molar-refractivity contribution >= 4 is 37.5 Å². The van der Waals surface area contributed by atoms with E-state index in [9.17, 15) is 21.6 Å². The Morgan fingerprint density at radius 2 is 1.74 bits per heavy atom. The predicted octanol–water partition coefficient (Wildman–Crippen LogP) is -0.169. The highest BCUT2D eigenvalue weighted by Crippen LogP contribution is 2.16. The average Bonchev–Trinajstić information content (AvgIpc) is 2.36. The Hall–Kier alpha value is -1.69. The van der Waals surface area contributed by atoms with E-state index in [2.05, 4.69) is 19.5 Å². The van der Waals surface area contributed by atoms with Crippen LogP contribution in [0.15, 0.2) is 24.3 Å². The highest BCUT2D eigenvalue weighted by atomic mass is 32.2. The largest absolute Gasteiger partial charge is 0.326 e. The minimum atomic E-state index is -3.73. The Labute approximate surface area is 136 Å². The maximum atomic E-state index is 11.9. The number of benzene rings is 1. The van der Waals surface area contributed by atoms with E-state index in [0.717, 1.165) is 0 Å². The lowest BCUT2D eigenvalue weighted by Gasteiger charge is -2.10. The van der Waals surface area contributed by atoms with Gasteiger partial charge in [0.2, 0.25) is 15.9 Å². The van der Waals surface area contributed by atoms with Crippen LogP contribution in [-0.4, -0.2) is 41.6 Å². The highest BCUT2D eigenvalue weighted by Gasteiger charge is 2.13. The predicted molar refractivity (Wildman–Crippen MR) is 88.8 cm³/mol. The Morgan fingerprint density at radius 1 is 1.09 bits per heavy atom. The monoisotopic (exact) mass is 364 g/mol. The molecule has 130 valence electrons. The van der Waals surface area contributed by atoms with E-state index < -0.39 is 26.0 Å². The molecule has 11 heteroatoms. The normalized spacial score (nSPS) is 11.9. The molecular weight excluding hydrogens is 344 g/mol. The van der Waals surface area contributed by atoms with Crippen molar-refractivity contribution in [3.63, 3.8) is 0 Å². The zero-order valence-electron chi connectivity index (χ0n) is 12.8. The van der Waals surface area contributed by atoms with Gasteiger partial charge in [0.05, 0.1) is 11.4 Å². The van der Waals surface area contributed by atoms with Crippen LogP contribution in [0.2, 0.25) is 0 Å². The van der Waals surface area contributed by atoms with Gasteiger partial charge in [-0.1, -0.05) is 13.0 Å². The summed E-state index contributed by atoms with van der Waals surface area (Å²) in [5.74, 6) is -0.704. The summed E-state index contributed by atoms with van der Waals surface area (Å²) in [6.07, 6.45) is 0. The van der Waals surface area contributed by atoms with Crippen LogP contribution in [0.4, 0.5) is 11.4 Å². The van der Waals surface area contributed by atoms with Gasteiger partial charge in [0, 0.05) is 25.7 Å². The zero-order chi connectivity index (χ0) is 17.5. The second-order valence-electron chi connectivity index (χ2n) is 4.58. The van der Waals surface area contributed by atoms with Gasteiger partial charge in [-0.15, -0.1) is 0 Å². The minimum Gasteiger partial charge on any atom is -0.326 e. The number of nitrogens with one attached hydrogen (secondary N) is 4. The second-order valence-corrected chi connectivity index (χ2v) is 8.00. The first-order valence-electron chi connectivity index (χ1n) is 6.76. The molecule has 0 radical (unpaired) electrons. The van der Waals surface area contributed by atoms with Crippen LogP contribution in [0.3, 0.4) is 0 Å². The Kier molecular flexibility index (Phi) is 6.94. The molecule has 0 aromatic heterocycles. The molecule has 1 rings (SSSR count). The number of rotatable bonds is 9. The van der Waals surface area contributed by atoms with Crippen LogP contribution in [-0.2, 0) is 25.0 Å². The molecule has 0 saturated carbocycles. The third-order valence-corrected chi connectivity index (χ3v) is 4.99. The maximum Gasteiger partial charge on any atom is 0.276 e. The van der Waals surface area contributed by atoms with E-state index in [4.69, 9.17) is 0 Å². The van der Waals surface area contributed by atoms with E-state index in [0.29, 0.717) is 5.69 Å². The second kappa shape index (κ2) is 8.24. The van der Waals surface area contributed by atoms with E-state index in [1.165, 1.54) is 19.1 Å². The molecule has 0 fully saturated rings. The van der Waals surface area contributed by atoms with E-state index in [1.807, 2.05) is 0 Å². The molecule has 0 aliphatic rings. The number of hydrogen-bond acceptors (Lipinski definition) is 5. The Bertz CT molecular complexity index is 746. The average molecular weight is 364 g/mol. The maximum absolute atomic E-state index is 11.9. The van der Waals surface area contributed by atoms with Crippen molar-refractivity contribution in [2.75, 3.05) is 28.9 Å². The number of carbonyl (C=O) groups excluding carboxylic acids is 1. The Morgan fingerprint density at radius 3 is 2.35 bits per heavy atom. The number of anilines is 2. The number of sulfonamides is 1. The standard InChI is InChI=1S/C12H20N4O5S2/c1-3-13-23(20,21)14-7-8-22(18,19)16-12-6-4-5-11(9-12)15-10(2)17/h4-6,9,13-14,16H,3,7-8H2,1-2H3,(H,15,17). The van der Waals surface area contributed by atoms with Gasteiger partial charge in [0.15, 0.2) is 0 Å². The number of amides is 1. The van der Waals surface area contributed by atoms with Gasteiger partial charge in [-0.05, 0) is 18.2 Å². The van der Waals surface area contributed by atoms with Gasteiger partial charge in [-0.2, -0.15) is 8.42 Å². The molecule has 0 unspecified atom stereocenters. The quantitative estimate of drug-likeness (QED) is 0.483. The molecule has 23 heavy (non-hydrogen) atoms. The molecule has 0 aliphatic heterocycles. The first-order chi connectivity index (χ1) is 10.6. The van der Waals surface area contributed by atoms with E-state index >= 15 is 0 Å². The molecule has 1 aromatic carbocycles. The summed E-state index contributed by atoms with van der Waals surface area (Å²) in [7, 11) is -7.42. The smallest absolute Gasteiger partial charge is 0.276 e. The zero-order valence-corrected chi connectivity index (χ0v) is 14.4. The molecule has 0 saturated heterocycles. The SMILES string of the molecule is CCNS(=O)(=O)NCCS(=O)(=O)Nc1cccc(NC(C)=O)c1. The molecule has 0 bridgehead atoms. The molecule has 1 aromatic rings. The molecular formula is C12H20N4O5S2. The third-order valence-electron chi connectivity index (χ3n) is 2.45. The molecule has 0 spiro atoms.